The van der Waals surface area contributed by atoms with Gasteiger partial charge in [-0.05, 0) is 18.4 Å². The number of carbonyl (C=O) groups excluding carboxylic acids is 1. The first-order chi connectivity index (χ1) is 12.2. The minimum atomic E-state index is -0.485. The average Bonchev–Trinajstić information content (AvgIpc) is 3.25. The Labute approximate surface area is 142 Å². The maximum atomic E-state index is 12.3. The number of anilines is 1. The van der Waals surface area contributed by atoms with Crippen molar-refractivity contribution in [2.45, 2.75) is 25.4 Å². The van der Waals surface area contributed by atoms with Crippen molar-refractivity contribution in [2.24, 2.45) is 0 Å². The summed E-state index contributed by atoms with van der Waals surface area (Å²) in [6, 6.07) is 11.1. The first kappa shape index (κ1) is 15.5. The number of carbonyl (C=O) groups is 1. The van der Waals surface area contributed by atoms with Gasteiger partial charge < -0.3 is 10.1 Å². The van der Waals surface area contributed by atoms with Crippen molar-refractivity contribution < 1.29 is 9.53 Å². The average molecular weight is 339 g/mol. The van der Waals surface area contributed by atoms with Crippen LogP contribution >= 0.6 is 0 Å². The van der Waals surface area contributed by atoms with Gasteiger partial charge in [-0.15, -0.1) is 5.10 Å². The molecule has 3 aromatic rings. The maximum absolute atomic E-state index is 12.3. The van der Waals surface area contributed by atoms with Gasteiger partial charge in [0.2, 0.25) is 5.78 Å². The van der Waals surface area contributed by atoms with Crippen molar-refractivity contribution in [3.8, 4) is 0 Å². The molecular weight excluding hydrogens is 322 g/mol. The predicted octanol–water partition coefficient (Wildman–Crippen LogP) is 1.13. The lowest BCUT2D eigenvalue weighted by Gasteiger charge is -2.10. The van der Waals surface area contributed by atoms with Crippen LogP contribution in [0, 0.1) is 0 Å². The molecular formula is C17H17N5O3. The molecule has 0 radical (unpaired) electrons. The Hall–Kier alpha value is -3.00. The summed E-state index contributed by atoms with van der Waals surface area (Å²) in [5, 5.41) is 7.13. The van der Waals surface area contributed by atoms with Crippen LogP contribution in [0.1, 0.15) is 24.2 Å². The van der Waals surface area contributed by atoms with Crippen LogP contribution in [0.5, 0.6) is 0 Å². The molecule has 0 aliphatic carbocycles. The number of fused-ring (bicyclic) bond motifs is 1. The van der Waals surface area contributed by atoms with Crippen molar-refractivity contribution in [2.75, 3.05) is 11.9 Å². The number of H-pyrrole nitrogens is 1. The molecule has 4 rings (SSSR count). The Morgan fingerprint density at radius 1 is 1.36 bits per heavy atom. The van der Waals surface area contributed by atoms with E-state index in [1.54, 1.807) is 0 Å². The zero-order valence-electron chi connectivity index (χ0n) is 13.4. The summed E-state index contributed by atoms with van der Waals surface area (Å²) >= 11 is 0. The van der Waals surface area contributed by atoms with E-state index in [2.05, 4.69) is 20.4 Å². The highest BCUT2D eigenvalue weighted by molar-refractivity contribution is 5.93. The summed E-state index contributed by atoms with van der Waals surface area (Å²) in [6.07, 6.45) is 1.58. The van der Waals surface area contributed by atoms with Gasteiger partial charge in [0.1, 0.15) is 11.9 Å². The lowest BCUT2D eigenvalue weighted by Crippen LogP contribution is -2.28. The van der Waals surface area contributed by atoms with Gasteiger partial charge in [-0.2, -0.15) is 9.50 Å². The van der Waals surface area contributed by atoms with Crippen LogP contribution < -0.4 is 10.9 Å². The summed E-state index contributed by atoms with van der Waals surface area (Å²) in [7, 11) is 0. The number of ether oxygens (including phenoxy) is 1. The van der Waals surface area contributed by atoms with E-state index in [1.165, 1.54) is 10.6 Å². The molecule has 1 atom stereocenters. The van der Waals surface area contributed by atoms with Crippen LogP contribution in [0.3, 0.4) is 0 Å². The van der Waals surface area contributed by atoms with Gasteiger partial charge in [0, 0.05) is 19.1 Å². The van der Waals surface area contributed by atoms with Crippen molar-refractivity contribution in [3.63, 3.8) is 0 Å². The molecule has 2 aromatic heterocycles. The molecule has 128 valence electrons. The largest absolute Gasteiger partial charge is 0.368 e. The van der Waals surface area contributed by atoms with Crippen LogP contribution in [0.15, 0.2) is 41.2 Å². The molecule has 0 unspecified atom stereocenters. The van der Waals surface area contributed by atoms with Crippen LogP contribution in [0.25, 0.3) is 5.78 Å². The molecule has 8 heteroatoms. The van der Waals surface area contributed by atoms with Gasteiger partial charge in [-0.1, -0.05) is 30.3 Å². The molecule has 25 heavy (non-hydrogen) atoms. The van der Waals surface area contributed by atoms with Crippen molar-refractivity contribution in [3.05, 3.63) is 58.1 Å². The van der Waals surface area contributed by atoms with Crippen LogP contribution in [0.2, 0.25) is 0 Å². The minimum absolute atomic E-state index is 0.274. The van der Waals surface area contributed by atoms with Crippen molar-refractivity contribution in [1.29, 1.82) is 0 Å². The zero-order chi connectivity index (χ0) is 17.2. The molecule has 1 aliphatic rings. The number of aromatic nitrogens is 4. The number of nitrogens with one attached hydrogen (secondary N) is 2. The summed E-state index contributed by atoms with van der Waals surface area (Å²) in [4.78, 5) is 31.1. The maximum Gasteiger partial charge on any atom is 0.254 e. The van der Waals surface area contributed by atoms with Gasteiger partial charge in [-0.25, -0.2) is 0 Å². The van der Waals surface area contributed by atoms with Gasteiger partial charge in [-0.3, -0.25) is 14.6 Å². The number of amides is 1. The molecule has 0 spiro atoms. The molecule has 0 saturated carbocycles. The fourth-order valence-electron chi connectivity index (χ4n) is 2.87. The third-order valence-electron chi connectivity index (χ3n) is 4.06. The Bertz CT molecular complexity index is 957. The number of hydrogen-bond acceptors (Lipinski definition) is 5. The molecule has 2 N–H and O–H groups in total. The Balaban J connectivity index is 1.64. The molecule has 1 aromatic carbocycles. The number of aromatic amines is 1. The van der Waals surface area contributed by atoms with Crippen molar-refractivity contribution in [1.82, 2.24) is 19.6 Å². The molecule has 3 heterocycles. The predicted molar refractivity (Wildman–Crippen MR) is 90.5 cm³/mol. The molecule has 0 bridgehead atoms. The number of benzene rings is 1. The lowest BCUT2D eigenvalue weighted by molar-refractivity contribution is -0.124. The van der Waals surface area contributed by atoms with Crippen LogP contribution in [-0.4, -0.2) is 38.2 Å². The van der Waals surface area contributed by atoms with E-state index < -0.39 is 6.10 Å². The first-order valence-electron chi connectivity index (χ1n) is 8.14. The highest BCUT2D eigenvalue weighted by Gasteiger charge is 2.24. The normalized spacial score (nSPS) is 17.0. The van der Waals surface area contributed by atoms with Gasteiger partial charge >= 0.3 is 0 Å². The van der Waals surface area contributed by atoms with Gasteiger partial charge in [0.05, 0.1) is 0 Å². The molecule has 8 nitrogen and oxygen atoms in total. The molecule has 1 aliphatic heterocycles. The molecule has 1 amide bonds. The first-order valence-corrected chi connectivity index (χ1v) is 8.14. The number of rotatable bonds is 4. The minimum Gasteiger partial charge on any atom is -0.368 e. The van der Waals surface area contributed by atoms with E-state index in [-0.39, 0.29) is 17.3 Å². The Morgan fingerprint density at radius 3 is 2.96 bits per heavy atom. The van der Waals surface area contributed by atoms with Gasteiger partial charge in [0.25, 0.3) is 11.5 Å². The van der Waals surface area contributed by atoms with Crippen LogP contribution in [-0.2, 0) is 16.0 Å². The topological polar surface area (TPSA) is 101 Å². The van der Waals surface area contributed by atoms with E-state index >= 15 is 0 Å². The summed E-state index contributed by atoms with van der Waals surface area (Å²) in [5.74, 6) is 0.859. The van der Waals surface area contributed by atoms with E-state index in [0.717, 1.165) is 12.0 Å². The Morgan fingerprint density at radius 2 is 2.20 bits per heavy atom. The van der Waals surface area contributed by atoms with E-state index in [4.69, 9.17) is 4.74 Å². The van der Waals surface area contributed by atoms with E-state index in [0.29, 0.717) is 31.1 Å². The third-order valence-corrected chi connectivity index (χ3v) is 4.06. The van der Waals surface area contributed by atoms with Crippen molar-refractivity contribution >= 4 is 17.5 Å². The second-order valence-electron chi connectivity index (χ2n) is 5.94. The highest BCUT2D eigenvalue weighted by Crippen LogP contribution is 2.15. The quantitative estimate of drug-likeness (QED) is 0.742. The monoisotopic (exact) mass is 339 g/mol. The standard InChI is InChI=1S/C17H17N5O3/c23-15-10-14(19-16(24)12-7-4-8-25-12)22-17(20-15)18-13(21-22)9-11-5-2-1-3-6-11/h1-3,5-6,10,12H,4,7-9H2,(H,19,24)(H,18,20,21,23)/t12-/m1/s1. The summed E-state index contributed by atoms with van der Waals surface area (Å²) in [6.45, 7) is 0.577. The Kier molecular flexibility index (Phi) is 4.02. The van der Waals surface area contributed by atoms with Gasteiger partial charge in [0.15, 0.2) is 5.82 Å². The number of nitrogens with zero attached hydrogens (tertiary/aromatic N) is 3. The highest BCUT2D eigenvalue weighted by atomic mass is 16.5. The molecule has 1 fully saturated rings. The van der Waals surface area contributed by atoms with E-state index in [1.807, 2.05) is 30.3 Å². The zero-order valence-corrected chi connectivity index (χ0v) is 13.4. The smallest absolute Gasteiger partial charge is 0.254 e. The van der Waals surface area contributed by atoms with E-state index in [9.17, 15) is 9.59 Å². The third kappa shape index (κ3) is 3.29. The summed E-state index contributed by atoms with van der Waals surface area (Å²) < 4.78 is 6.81. The lowest BCUT2D eigenvalue weighted by atomic mass is 10.1. The second-order valence-corrected chi connectivity index (χ2v) is 5.94. The summed E-state index contributed by atoms with van der Waals surface area (Å²) in [5.41, 5.74) is 0.708. The number of hydrogen-bond donors (Lipinski definition) is 2. The molecule has 1 saturated heterocycles. The fourth-order valence-corrected chi connectivity index (χ4v) is 2.87. The fraction of sp³-hybridized carbons (Fsp3) is 0.294. The SMILES string of the molecule is O=C(Nc1cc(=O)[nH]c2nc(Cc3ccccc3)nn12)[C@H]1CCCO1. The van der Waals surface area contributed by atoms with Crippen LogP contribution in [0.4, 0.5) is 5.82 Å². The second kappa shape index (κ2) is 6.48.